The molecular formula is C15H25FO5S. The van der Waals surface area contributed by atoms with E-state index in [1.807, 2.05) is 0 Å². The molecule has 2 fully saturated rings. The lowest BCUT2D eigenvalue weighted by Gasteiger charge is -2.30. The molecule has 0 aromatic rings. The van der Waals surface area contributed by atoms with Gasteiger partial charge in [0.05, 0.1) is 5.92 Å². The van der Waals surface area contributed by atoms with Gasteiger partial charge >= 0.3 is 21.3 Å². The SMILES string of the molecule is O=C(OC(F)(CC1CCCCC1)S(=O)(=O)O)C1CCCCC1. The maximum absolute atomic E-state index is 14.8. The van der Waals surface area contributed by atoms with Crippen LogP contribution in [0, 0.1) is 11.8 Å². The first-order valence-electron chi connectivity index (χ1n) is 8.20. The summed E-state index contributed by atoms with van der Waals surface area (Å²) in [6.45, 7) is 0. The van der Waals surface area contributed by atoms with Crippen molar-refractivity contribution in [2.45, 2.75) is 75.8 Å². The van der Waals surface area contributed by atoms with Gasteiger partial charge in [-0.3, -0.25) is 9.35 Å². The minimum Gasteiger partial charge on any atom is -0.412 e. The number of halogens is 1. The van der Waals surface area contributed by atoms with Crippen molar-refractivity contribution in [3.8, 4) is 0 Å². The van der Waals surface area contributed by atoms with Crippen molar-refractivity contribution in [1.82, 2.24) is 0 Å². The molecule has 2 rings (SSSR count). The zero-order valence-electron chi connectivity index (χ0n) is 12.8. The summed E-state index contributed by atoms with van der Waals surface area (Å²) in [5.41, 5.74) is 0. The maximum Gasteiger partial charge on any atom is 0.377 e. The standard InChI is InChI=1S/C15H25FO5S/c16-15(22(18,19)20,11-12-7-3-1-4-8-12)21-14(17)13-9-5-2-6-10-13/h12-13H,1-11H2,(H,18,19,20). The quantitative estimate of drug-likeness (QED) is 0.613. The largest absolute Gasteiger partial charge is 0.412 e. The molecule has 2 aliphatic rings. The number of hydrogen-bond acceptors (Lipinski definition) is 4. The van der Waals surface area contributed by atoms with Crippen LogP contribution < -0.4 is 0 Å². The highest BCUT2D eigenvalue weighted by Crippen LogP contribution is 2.37. The zero-order valence-corrected chi connectivity index (χ0v) is 13.6. The molecule has 0 spiro atoms. The fourth-order valence-electron chi connectivity index (χ4n) is 3.51. The molecular weight excluding hydrogens is 311 g/mol. The van der Waals surface area contributed by atoms with E-state index in [4.69, 9.17) is 4.74 Å². The van der Waals surface area contributed by atoms with E-state index in [2.05, 4.69) is 0 Å². The molecule has 0 heterocycles. The Morgan fingerprint density at radius 2 is 1.55 bits per heavy atom. The van der Waals surface area contributed by atoms with E-state index in [0.29, 0.717) is 25.7 Å². The summed E-state index contributed by atoms with van der Waals surface area (Å²) in [4.78, 5) is 12.1. The van der Waals surface area contributed by atoms with Crippen LogP contribution in [0.1, 0.15) is 70.6 Å². The lowest BCUT2D eigenvalue weighted by Crippen LogP contribution is -2.42. The van der Waals surface area contributed by atoms with Crippen LogP contribution in [0.2, 0.25) is 0 Å². The molecule has 2 aliphatic carbocycles. The zero-order chi connectivity index (χ0) is 16.2. The Morgan fingerprint density at radius 1 is 1.05 bits per heavy atom. The van der Waals surface area contributed by atoms with Gasteiger partial charge in [-0.2, -0.15) is 12.8 Å². The molecule has 0 aromatic carbocycles. The predicted molar refractivity (Wildman–Crippen MR) is 79.2 cm³/mol. The van der Waals surface area contributed by atoms with E-state index in [0.717, 1.165) is 38.5 Å². The van der Waals surface area contributed by atoms with Gasteiger partial charge < -0.3 is 4.74 Å². The monoisotopic (exact) mass is 336 g/mol. The van der Waals surface area contributed by atoms with Gasteiger partial charge in [0.2, 0.25) is 0 Å². The Labute approximate surface area is 131 Å². The second-order valence-electron chi connectivity index (χ2n) is 6.60. The summed E-state index contributed by atoms with van der Waals surface area (Å²) >= 11 is 0. The number of alkyl halides is 1. The first kappa shape index (κ1) is 17.7. The molecule has 1 atom stereocenters. The molecule has 1 N–H and O–H groups in total. The topological polar surface area (TPSA) is 80.7 Å². The van der Waals surface area contributed by atoms with Crippen LogP contribution in [-0.4, -0.2) is 24.1 Å². The van der Waals surface area contributed by atoms with Crippen molar-refractivity contribution < 1.29 is 26.9 Å². The number of rotatable bonds is 5. The van der Waals surface area contributed by atoms with E-state index in [1.165, 1.54) is 0 Å². The van der Waals surface area contributed by atoms with Crippen molar-refractivity contribution in [3.05, 3.63) is 0 Å². The summed E-state index contributed by atoms with van der Waals surface area (Å²) < 4.78 is 51.6. The van der Waals surface area contributed by atoms with Crippen LogP contribution in [0.25, 0.3) is 0 Å². The molecule has 22 heavy (non-hydrogen) atoms. The van der Waals surface area contributed by atoms with Crippen molar-refractivity contribution >= 4 is 16.1 Å². The summed E-state index contributed by atoms with van der Waals surface area (Å²) in [5.74, 6) is -1.48. The van der Waals surface area contributed by atoms with E-state index in [1.54, 1.807) is 0 Å². The van der Waals surface area contributed by atoms with Crippen LogP contribution in [0.15, 0.2) is 0 Å². The van der Waals surface area contributed by atoms with Crippen LogP contribution >= 0.6 is 0 Å². The second-order valence-corrected chi connectivity index (χ2v) is 8.16. The number of carbonyl (C=O) groups is 1. The third-order valence-electron chi connectivity index (χ3n) is 4.83. The van der Waals surface area contributed by atoms with Crippen molar-refractivity contribution in [1.29, 1.82) is 0 Å². The summed E-state index contributed by atoms with van der Waals surface area (Å²) in [5, 5.41) is -3.30. The van der Waals surface area contributed by atoms with Crippen molar-refractivity contribution in [3.63, 3.8) is 0 Å². The molecule has 0 saturated heterocycles. The Balaban J connectivity index is 2.05. The third-order valence-corrected chi connectivity index (χ3v) is 5.85. The van der Waals surface area contributed by atoms with Crippen LogP contribution in [0.3, 0.4) is 0 Å². The number of esters is 1. The molecule has 0 aliphatic heterocycles. The first-order valence-corrected chi connectivity index (χ1v) is 9.64. The van der Waals surface area contributed by atoms with Gasteiger partial charge in [0.15, 0.2) is 0 Å². The molecule has 128 valence electrons. The normalized spacial score (nSPS) is 24.6. The average molecular weight is 336 g/mol. The predicted octanol–water partition coefficient (Wildman–Crippen LogP) is 3.59. The van der Waals surface area contributed by atoms with Crippen molar-refractivity contribution in [2.75, 3.05) is 0 Å². The molecule has 0 bridgehead atoms. The van der Waals surface area contributed by atoms with E-state index < -0.39 is 33.6 Å². The van der Waals surface area contributed by atoms with Crippen LogP contribution in [0.5, 0.6) is 0 Å². The Kier molecular flexibility index (Phi) is 5.82. The summed E-state index contributed by atoms with van der Waals surface area (Å²) in [6.07, 6.45) is 7.68. The van der Waals surface area contributed by atoms with Gasteiger partial charge in [-0.1, -0.05) is 51.4 Å². The fraction of sp³-hybridized carbons (Fsp3) is 0.933. The minimum absolute atomic E-state index is 0.181. The summed E-state index contributed by atoms with van der Waals surface area (Å²) in [6, 6.07) is 0. The molecule has 0 radical (unpaired) electrons. The highest BCUT2D eigenvalue weighted by molar-refractivity contribution is 7.86. The molecule has 0 amide bonds. The maximum atomic E-state index is 14.8. The van der Waals surface area contributed by atoms with Crippen LogP contribution in [0.4, 0.5) is 4.39 Å². The van der Waals surface area contributed by atoms with Gasteiger partial charge in [-0.05, 0) is 18.8 Å². The lowest BCUT2D eigenvalue weighted by atomic mass is 9.87. The second kappa shape index (κ2) is 7.25. The summed E-state index contributed by atoms with van der Waals surface area (Å²) in [7, 11) is -5.11. The highest BCUT2D eigenvalue weighted by Gasteiger charge is 2.50. The van der Waals surface area contributed by atoms with Gasteiger partial charge in [0.25, 0.3) is 0 Å². The van der Waals surface area contributed by atoms with E-state index >= 15 is 0 Å². The smallest absolute Gasteiger partial charge is 0.377 e. The van der Waals surface area contributed by atoms with Gasteiger partial charge in [-0.15, -0.1) is 0 Å². The fourth-order valence-corrected chi connectivity index (χ4v) is 4.14. The van der Waals surface area contributed by atoms with E-state index in [-0.39, 0.29) is 5.92 Å². The molecule has 0 aromatic heterocycles. The number of carbonyl (C=O) groups excluding carboxylic acids is 1. The van der Waals surface area contributed by atoms with Gasteiger partial charge in [0, 0.05) is 6.42 Å². The van der Waals surface area contributed by atoms with E-state index in [9.17, 15) is 22.2 Å². The molecule has 5 nitrogen and oxygen atoms in total. The minimum atomic E-state index is -5.11. The third kappa shape index (κ3) is 4.41. The lowest BCUT2D eigenvalue weighted by molar-refractivity contribution is -0.174. The number of ether oxygens (including phenoxy) is 1. The van der Waals surface area contributed by atoms with Gasteiger partial charge in [-0.25, -0.2) is 0 Å². The van der Waals surface area contributed by atoms with Gasteiger partial charge in [0.1, 0.15) is 0 Å². The van der Waals surface area contributed by atoms with Crippen LogP contribution in [-0.2, 0) is 19.6 Å². The molecule has 7 heteroatoms. The average Bonchev–Trinajstić information content (AvgIpc) is 2.48. The number of hydrogen-bond donors (Lipinski definition) is 1. The molecule has 1 unspecified atom stereocenters. The van der Waals surface area contributed by atoms with Crippen molar-refractivity contribution in [2.24, 2.45) is 11.8 Å². The first-order chi connectivity index (χ1) is 10.3. The highest BCUT2D eigenvalue weighted by atomic mass is 32.2. The molecule has 2 saturated carbocycles. The Bertz CT molecular complexity index is 480. The Hall–Kier alpha value is -0.690. The Morgan fingerprint density at radius 3 is 2.05 bits per heavy atom.